The van der Waals surface area contributed by atoms with Gasteiger partial charge in [0.1, 0.15) is 6.54 Å². The molecule has 1 unspecified atom stereocenters. The number of para-hydroxylation sites is 2. The van der Waals surface area contributed by atoms with Gasteiger partial charge in [-0.2, -0.15) is 0 Å². The van der Waals surface area contributed by atoms with Gasteiger partial charge in [-0.25, -0.2) is 0 Å². The van der Waals surface area contributed by atoms with E-state index in [0.29, 0.717) is 23.7 Å². The molecule has 0 spiro atoms. The maximum Gasteiger partial charge on any atom is 0.239 e. The van der Waals surface area contributed by atoms with Crippen LogP contribution in [0.2, 0.25) is 0 Å². The number of fused-ring (bicyclic) bond motifs is 2. The third-order valence-electron chi connectivity index (χ3n) is 4.45. The standard InChI is InChI=1S/C20H22N2O3/c1-14(10-11-23)12-21-19(24)13-22-17-8-4-2-6-15(17)20(25)16-7-3-5-9-18(16)22/h2-9,14,23H,10-13H2,1H3,(H,21,24). The first-order valence-electron chi connectivity index (χ1n) is 8.49. The Hall–Kier alpha value is -2.66. The van der Waals surface area contributed by atoms with E-state index in [0.717, 1.165) is 11.0 Å². The van der Waals surface area contributed by atoms with Gasteiger partial charge in [0, 0.05) is 23.9 Å². The minimum absolute atomic E-state index is 0.0144. The van der Waals surface area contributed by atoms with Gasteiger partial charge in [-0.1, -0.05) is 31.2 Å². The van der Waals surface area contributed by atoms with E-state index >= 15 is 0 Å². The zero-order chi connectivity index (χ0) is 17.8. The number of hydrogen-bond donors (Lipinski definition) is 2. The van der Waals surface area contributed by atoms with Crippen molar-refractivity contribution in [1.29, 1.82) is 0 Å². The lowest BCUT2D eigenvalue weighted by Crippen LogP contribution is -2.32. The van der Waals surface area contributed by atoms with Gasteiger partial charge < -0.3 is 15.0 Å². The second-order valence-corrected chi connectivity index (χ2v) is 6.37. The number of carbonyl (C=O) groups is 1. The molecule has 5 heteroatoms. The van der Waals surface area contributed by atoms with Crippen molar-refractivity contribution in [2.24, 2.45) is 5.92 Å². The fraction of sp³-hybridized carbons (Fsp3) is 0.300. The molecule has 130 valence electrons. The largest absolute Gasteiger partial charge is 0.396 e. The zero-order valence-corrected chi connectivity index (χ0v) is 14.2. The van der Waals surface area contributed by atoms with Crippen LogP contribution in [0.5, 0.6) is 0 Å². The second-order valence-electron chi connectivity index (χ2n) is 6.37. The van der Waals surface area contributed by atoms with Gasteiger partial charge in [-0.3, -0.25) is 9.59 Å². The first-order chi connectivity index (χ1) is 12.1. The van der Waals surface area contributed by atoms with Gasteiger partial charge >= 0.3 is 0 Å². The summed E-state index contributed by atoms with van der Waals surface area (Å²) in [5, 5.41) is 13.1. The van der Waals surface area contributed by atoms with Crippen molar-refractivity contribution >= 4 is 27.7 Å². The van der Waals surface area contributed by atoms with E-state index in [1.54, 1.807) is 12.1 Å². The molecule has 0 fully saturated rings. The molecule has 0 radical (unpaired) electrons. The monoisotopic (exact) mass is 338 g/mol. The van der Waals surface area contributed by atoms with Crippen LogP contribution in [0.25, 0.3) is 21.8 Å². The summed E-state index contributed by atoms with van der Waals surface area (Å²) in [4.78, 5) is 25.1. The third-order valence-corrected chi connectivity index (χ3v) is 4.45. The molecule has 2 aromatic carbocycles. The highest BCUT2D eigenvalue weighted by Crippen LogP contribution is 2.18. The number of carbonyl (C=O) groups excluding carboxylic acids is 1. The summed E-state index contributed by atoms with van der Waals surface area (Å²) < 4.78 is 1.89. The summed E-state index contributed by atoms with van der Waals surface area (Å²) in [7, 11) is 0. The van der Waals surface area contributed by atoms with Crippen LogP contribution in [0.1, 0.15) is 13.3 Å². The molecule has 1 heterocycles. The van der Waals surface area contributed by atoms with Crippen molar-refractivity contribution in [1.82, 2.24) is 9.88 Å². The Balaban J connectivity index is 1.98. The molecule has 0 aliphatic heterocycles. The molecule has 3 aromatic rings. The summed E-state index contributed by atoms with van der Waals surface area (Å²) in [6, 6.07) is 14.7. The number of aliphatic hydroxyl groups is 1. The highest BCUT2D eigenvalue weighted by Gasteiger charge is 2.13. The van der Waals surface area contributed by atoms with E-state index in [2.05, 4.69) is 5.32 Å². The van der Waals surface area contributed by atoms with Crippen molar-refractivity contribution < 1.29 is 9.90 Å². The predicted octanol–water partition coefficient (Wildman–Crippen LogP) is 2.29. The van der Waals surface area contributed by atoms with Gasteiger partial charge in [-0.05, 0) is 36.6 Å². The number of amides is 1. The Morgan fingerprint density at radius 2 is 1.64 bits per heavy atom. The number of hydrogen-bond acceptors (Lipinski definition) is 3. The molecule has 3 rings (SSSR count). The Morgan fingerprint density at radius 3 is 2.20 bits per heavy atom. The van der Waals surface area contributed by atoms with Crippen molar-refractivity contribution in [3.8, 4) is 0 Å². The van der Waals surface area contributed by atoms with Gasteiger partial charge in [-0.15, -0.1) is 0 Å². The molecular formula is C20H22N2O3. The molecule has 1 atom stereocenters. The molecule has 1 amide bonds. The normalized spacial score (nSPS) is 12.4. The summed E-state index contributed by atoms with van der Waals surface area (Å²) in [5.74, 6) is 0.111. The molecule has 0 aliphatic rings. The first-order valence-corrected chi connectivity index (χ1v) is 8.49. The number of nitrogens with one attached hydrogen (secondary N) is 1. The Kier molecular flexibility index (Phi) is 5.14. The van der Waals surface area contributed by atoms with Crippen LogP contribution < -0.4 is 10.7 Å². The lowest BCUT2D eigenvalue weighted by Gasteiger charge is -2.16. The van der Waals surface area contributed by atoms with Crippen LogP contribution in [-0.4, -0.2) is 28.7 Å². The average Bonchev–Trinajstić information content (AvgIpc) is 2.64. The number of rotatable bonds is 6. The molecule has 2 N–H and O–H groups in total. The maximum absolute atomic E-state index is 12.7. The lowest BCUT2D eigenvalue weighted by molar-refractivity contribution is -0.121. The van der Waals surface area contributed by atoms with E-state index < -0.39 is 0 Å². The van der Waals surface area contributed by atoms with E-state index in [-0.39, 0.29) is 30.4 Å². The number of benzene rings is 2. The molecule has 5 nitrogen and oxygen atoms in total. The van der Waals surface area contributed by atoms with Gasteiger partial charge in [0.05, 0.1) is 11.0 Å². The lowest BCUT2D eigenvalue weighted by atomic mass is 10.1. The Labute approximate surface area is 145 Å². The third kappa shape index (κ3) is 3.56. The van der Waals surface area contributed by atoms with Crippen molar-refractivity contribution in [3.05, 3.63) is 58.8 Å². The van der Waals surface area contributed by atoms with Gasteiger partial charge in [0.2, 0.25) is 5.91 Å². The minimum Gasteiger partial charge on any atom is -0.396 e. The molecule has 1 aromatic heterocycles. The number of aliphatic hydroxyl groups excluding tert-OH is 1. The number of aromatic nitrogens is 1. The molecule has 25 heavy (non-hydrogen) atoms. The Morgan fingerprint density at radius 1 is 1.08 bits per heavy atom. The number of pyridine rings is 1. The highest BCUT2D eigenvalue weighted by atomic mass is 16.3. The van der Waals surface area contributed by atoms with Crippen molar-refractivity contribution in [3.63, 3.8) is 0 Å². The average molecular weight is 338 g/mol. The SMILES string of the molecule is CC(CCO)CNC(=O)Cn1c2ccccc2c(=O)c2ccccc21. The first kappa shape index (κ1) is 17.2. The summed E-state index contributed by atoms with van der Waals surface area (Å²) in [6.07, 6.45) is 0.657. The van der Waals surface area contributed by atoms with Crippen LogP contribution >= 0.6 is 0 Å². The fourth-order valence-electron chi connectivity index (χ4n) is 3.06. The predicted molar refractivity (Wildman–Crippen MR) is 99.6 cm³/mol. The molecule has 0 saturated heterocycles. The van der Waals surface area contributed by atoms with Crippen molar-refractivity contribution in [2.75, 3.05) is 13.2 Å². The molecule has 0 bridgehead atoms. The van der Waals surface area contributed by atoms with Crippen LogP contribution in [0.3, 0.4) is 0 Å². The van der Waals surface area contributed by atoms with Gasteiger partial charge in [0.15, 0.2) is 5.43 Å². The van der Waals surface area contributed by atoms with E-state index in [9.17, 15) is 9.59 Å². The maximum atomic E-state index is 12.7. The smallest absolute Gasteiger partial charge is 0.239 e. The summed E-state index contributed by atoms with van der Waals surface area (Å²) in [5.41, 5.74) is 1.49. The molecule has 0 saturated carbocycles. The topological polar surface area (TPSA) is 71.3 Å². The van der Waals surface area contributed by atoms with Crippen LogP contribution in [0.4, 0.5) is 0 Å². The van der Waals surface area contributed by atoms with Crippen LogP contribution in [0.15, 0.2) is 53.3 Å². The number of nitrogens with zero attached hydrogens (tertiary/aromatic N) is 1. The van der Waals surface area contributed by atoms with E-state index in [1.165, 1.54) is 0 Å². The fourth-order valence-corrected chi connectivity index (χ4v) is 3.06. The van der Waals surface area contributed by atoms with E-state index in [4.69, 9.17) is 5.11 Å². The second kappa shape index (κ2) is 7.49. The quantitative estimate of drug-likeness (QED) is 0.678. The molecule has 0 aliphatic carbocycles. The van der Waals surface area contributed by atoms with E-state index in [1.807, 2.05) is 47.9 Å². The van der Waals surface area contributed by atoms with Crippen LogP contribution in [-0.2, 0) is 11.3 Å². The zero-order valence-electron chi connectivity index (χ0n) is 14.2. The molecular weight excluding hydrogens is 316 g/mol. The Bertz CT molecular complexity index is 902. The summed E-state index contributed by atoms with van der Waals surface area (Å²) >= 11 is 0. The van der Waals surface area contributed by atoms with Gasteiger partial charge in [0.25, 0.3) is 0 Å². The minimum atomic E-state index is -0.108. The summed E-state index contributed by atoms with van der Waals surface area (Å²) in [6.45, 7) is 2.77. The van der Waals surface area contributed by atoms with Crippen molar-refractivity contribution in [2.45, 2.75) is 19.9 Å². The van der Waals surface area contributed by atoms with Crippen LogP contribution in [0, 0.1) is 5.92 Å². The highest BCUT2D eigenvalue weighted by molar-refractivity contribution is 5.94.